The van der Waals surface area contributed by atoms with Crippen LogP contribution in [0.2, 0.25) is 0 Å². The number of aromatic nitrogens is 4. The number of rotatable bonds is 3. The lowest BCUT2D eigenvalue weighted by Gasteiger charge is -2.04. The van der Waals surface area contributed by atoms with Gasteiger partial charge in [-0.15, -0.1) is 17.7 Å². The molecule has 0 N–H and O–H groups in total. The molecular weight excluding hydrogens is 212 g/mol. The molecule has 0 saturated carbocycles. The molecule has 0 bridgehead atoms. The molecular formula is C9H10N4OS. The molecule has 1 heterocycles. The third-order valence-electron chi connectivity index (χ3n) is 1.85. The van der Waals surface area contributed by atoms with Crippen LogP contribution in [-0.4, -0.2) is 26.8 Å². The van der Waals surface area contributed by atoms with Gasteiger partial charge in [-0.25, -0.2) is 0 Å². The van der Waals surface area contributed by atoms with E-state index in [1.807, 2.05) is 31.2 Å². The summed E-state index contributed by atoms with van der Waals surface area (Å²) in [4.78, 5) is 0. The Morgan fingerprint density at radius 2 is 2.07 bits per heavy atom. The monoisotopic (exact) mass is 222 g/mol. The first kappa shape index (κ1) is 9.97. The molecule has 0 spiro atoms. The standard InChI is InChI=1S/C9H10N4OS/c1-2-14-8-5-3-7(4-6-8)13-9(15)10-11-12-13/h3-6H,2H2,1H3,(H,10,12,15). The van der Waals surface area contributed by atoms with Gasteiger partial charge in [-0.05, 0) is 41.6 Å². The van der Waals surface area contributed by atoms with Crippen molar-refractivity contribution >= 4 is 12.6 Å². The fourth-order valence-corrected chi connectivity index (χ4v) is 1.40. The maximum Gasteiger partial charge on any atom is 0.211 e. The van der Waals surface area contributed by atoms with Gasteiger partial charge in [-0.3, -0.25) is 0 Å². The summed E-state index contributed by atoms with van der Waals surface area (Å²) in [6, 6.07) is 7.49. The maximum atomic E-state index is 5.33. The van der Waals surface area contributed by atoms with Crippen molar-refractivity contribution in [3.05, 3.63) is 24.3 Å². The zero-order valence-electron chi connectivity index (χ0n) is 8.16. The first-order valence-corrected chi connectivity index (χ1v) is 4.96. The molecule has 0 saturated heterocycles. The molecule has 15 heavy (non-hydrogen) atoms. The summed E-state index contributed by atoms with van der Waals surface area (Å²) < 4.78 is 6.87. The summed E-state index contributed by atoms with van der Waals surface area (Å²) in [5.74, 6) is 0.829. The highest BCUT2D eigenvalue weighted by Crippen LogP contribution is 2.15. The third kappa shape index (κ3) is 2.10. The lowest BCUT2D eigenvalue weighted by atomic mass is 10.3. The van der Waals surface area contributed by atoms with E-state index in [9.17, 15) is 0 Å². The Hall–Kier alpha value is -1.56. The van der Waals surface area contributed by atoms with Gasteiger partial charge in [0, 0.05) is 0 Å². The molecule has 0 aliphatic heterocycles. The average Bonchev–Trinajstić information content (AvgIpc) is 2.66. The van der Waals surface area contributed by atoms with E-state index in [0.717, 1.165) is 11.4 Å². The molecule has 0 radical (unpaired) electrons. The Kier molecular flexibility index (Phi) is 2.86. The summed E-state index contributed by atoms with van der Waals surface area (Å²) in [5, 5.41) is 11.5. The average molecular weight is 222 g/mol. The molecule has 0 fully saturated rings. The van der Waals surface area contributed by atoms with E-state index in [0.29, 0.717) is 11.8 Å². The minimum Gasteiger partial charge on any atom is -0.494 e. The number of hydrogen-bond donors (Lipinski definition) is 1. The molecule has 0 aliphatic rings. The maximum absolute atomic E-state index is 5.33. The highest BCUT2D eigenvalue weighted by Gasteiger charge is 2.03. The lowest BCUT2D eigenvalue weighted by molar-refractivity contribution is 0.340. The van der Waals surface area contributed by atoms with E-state index in [-0.39, 0.29) is 0 Å². The molecule has 0 aliphatic carbocycles. The topological polar surface area (TPSA) is 52.8 Å². The summed E-state index contributed by atoms with van der Waals surface area (Å²) >= 11 is 4.12. The molecule has 6 heteroatoms. The number of tetrazole rings is 1. The Morgan fingerprint density at radius 3 is 2.60 bits per heavy atom. The van der Waals surface area contributed by atoms with Gasteiger partial charge in [0.15, 0.2) is 0 Å². The number of hydrogen-bond acceptors (Lipinski definition) is 5. The highest BCUT2D eigenvalue weighted by molar-refractivity contribution is 7.80. The fraction of sp³-hybridized carbons (Fsp3) is 0.222. The van der Waals surface area contributed by atoms with Gasteiger partial charge in [-0.2, -0.15) is 4.68 Å². The van der Waals surface area contributed by atoms with E-state index >= 15 is 0 Å². The van der Waals surface area contributed by atoms with Gasteiger partial charge in [-0.1, -0.05) is 0 Å². The van der Waals surface area contributed by atoms with Crippen molar-refractivity contribution in [3.63, 3.8) is 0 Å². The molecule has 1 aromatic heterocycles. The van der Waals surface area contributed by atoms with Gasteiger partial charge in [0.25, 0.3) is 0 Å². The van der Waals surface area contributed by atoms with Crippen molar-refractivity contribution in [2.75, 3.05) is 6.61 Å². The number of thiol groups is 1. The molecule has 0 unspecified atom stereocenters. The first-order valence-electron chi connectivity index (χ1n) is 4.52. The van der Waals surface area contributed by atoms with Gasteiger partial charge >= 0.3 is 0 Å². The highest BCUT2D eigenvalue weighted by atomic mass is 32.1. The minimum atomic E-state index is 0.458. The van der Waals surface area contributed by atoms with Crippen molar-refractivity contribution in [1.82, 2.24) is 20.2 Å². The van der Waals surface area contributed by atoms with Crippen molar-refractivity contribution in [3.8, 4) is 11.4 Å². The quantitative estimate of drug-likeness (QED) is 0.796. The van der Waals surface area contributed by atoms with E-state index in [1.165, 1.54) is 0 Å². The second kappa shape index (κ2) is 4.31. The summed E-state index contributed by atoms with van der Waals surface area (Å²) in [6.07, 6.45) is 0. The number of ether oxygens (including phenoxy) is 1. The van der Waals surface area contributed by atoms with Gasteiger partial charge in [0.1, 0.15) is 5.75 Å². The van der Waals surface area contributed by atoms with Crippen molar-refractivity contribution < 1.29 is 4.74 Å². The number of nitrogens with zero attached hydrogens (tertiary/aromatic N) is 4. The van der Waals surface area contributed by atoms with Crippen molar-refractivity contribution in [1.29, 1.82) is 0 Å². The van der Waals surface area contributed by atoms with E-state index in [4.69, 9.17) is 4.74 Å². The van der Waals surface area contributed by atoms with E-state index < -0.39 is 0 Å². The molecule has 2 aromatic rings. The van der Waals surface area contributed by atoms with Crippen molar-refractivity contribution in [2.24, 2.45) is 0 Å². The van der Waals surface area contributed by atoms with Crippen LogP contribution in [0.1, 0.15) is 6.92 Å². The van der Waals surface area contributed by atoms with Gasteiger partial charge < -0.3 is 4.74 Å². The van der Waals surface area contributed by atoms with Crippen LogP contribution in [0.4, 0.5) is 0 Å². The fourth-order valence-electron chi connectivity index (χ4n) is 1.20. The van der Waals surface area contributed by atoms with Gasteiger partial charge in [0.2, 0.25) is 5.16 Å². The summed E-state index contributed by atoms with van der Waals surface area (Å²) in [6.45, 7) is 2.60. The van der Waals surface area contributed by atoms with E-state index in [1.54, 1.807) is 4.68 Å². The van der Waals surface area contributed by atoms with Crippen molar-refractivity contribution in [2.45, 2.75) is 12.1 Å². The lowest BCUT2D eigenvalue weighted by Crippen LogP contribution is -1.98. The SMILES string of the molecule is CCOc1ccc(-n2nnnc2S)cc1. The van der Waals surface area contributed by atoms with Crippen LogP contribution >= 0.6 is 12.6 Å². The number of benzene rings is 1. The largest absolute Gasteiger partial charge is 0.494 e. The van der Waals surface area contributed by atoms with Crippen LogP contribution in [-0.2, 0) is 0 Å². The first-order chi connectivity index (χ1) is 7.31. The normalized spacial score (nSPS) is 10.3. The van der Waals surface area contributed by atoms with Crippen LogP contribution in [0.5, 0.6) is 5.75 Å². The predicted molar refractivity (Wildman–Crippen MR) is 57.6 cm³/mol. The Labute approximate surface area is 92.5 Å². The van der Waals surface area contributed by atoms with Crippen LogP contribution in [0.3, 0.4) is 0 Å². The summed E-state index contributed by atoms with van der Waals surface area (Å²) in [5.41, 5.74) is 0.855. The van der Waals surface area contributed by atoms with Gasteiger partial charge in [0.05, 0.1) is 12.3 Å². The second-order valence-corrected chi connectivity index (χ2v) is 3.22. The zero-order chi connectivity index (χ0) is 10.7. The molecule has 1 aromatic carbocycles. The zero-order valence-corrected chi connectivity index (χ0v) is 9.06. The molecule has 5 nitrogen and oxygen atoms in total. The van der Waals surface area contributed by atoms with Crippen LogP contribution in [0, 0.1) is 0 Å². The van der Waals surface area contributed by atoms with Crippen LogP contribution < -0.4 is 4.74 Å². The predicted octanol–water partition coefficient (Wildman–Crippen LogP) is 1.35. The smallest absolute Gasteiger partial charge is 0.211 e. The Morgan fingerprint density at radius 1 is 1.33 bits per heavy atom. The van der Waals surface area contributed by atoms with Crippen LogP contribution in [0.15, 0.2) is 29.4 Å². The summed E-state index contributed by atoms with van der Waals surface area (Å²) in [7, 11) is 0. The molecule has 0 amide bonds. The second-order valence-electron chi connectivity index (χ2n) is 2.82. The van der Waals surface area contributed by atoms with Crippen LogP contribution in [0.25, 0.3) is 5.69 Å². The Balaban J connectivity index is 2.28. The molecule has 78 valence electrons. The van der Waals surface area contributed by atoms with E-state index in [2.05, 4.69) is 28.2 Å². The third-order valence-corrected chi connectivity index (χ3v) is 2.12. The molecule has 0 atom stereocenters. The minimum absolute atomic E-state index is 0.458. The molecule has 2 rings (SSSR count). The Bertz CT molecular complexity index is 440.